The highest BCUT2D eigenvalue weighted by atomic mass is 35.5. The number of thiophene rings is 1. The van der Waals surface area contributed by atoms with Crippen LogP contribution < -0.4 is 5.32 Å². The molecule has 0 unspecified atom stereocenters. The average molecular weight is 296 g/mol. The molecule has 0 saturated heterocycles. The van der Waals surface area contributed by atoms with Crippen molar-refractivity contribution in [1.82, 2.24) is 5.32 Å². The summed E-state index contributed by atoms with van der Waals surface area (Å²) < 4.78 is 23.5. The van der Waals surface area contributed by atoms with Crippen molar-refractivity contribution < 1.29 is 8.42 Å². The van der Waals surface area contributed by atoms with Crippen molar-refractivity contribution in [3.63, 3.8) is 0 Å². The molecule has 1 heterocycles. The molecular formula is C11H18ClNO2S2. The Bertz CT molecular complexity index is 442. The lowest BCUT2D eigenvalue weighted by Gasteiger charge is -2.15. The molecule has 0 aliphatic heterocycles. The van der Waals surface area contributed by atoms with Gasteiger partial charge in [0, 0.05) is 23.2 Å². The number of rotatable bonds is 7. The number of nitrogens with one attached hydrogen (secondary N) is 1. The molecule has 0 fully saturated rings. The van der Waals surface area contributed by atoms with Crippen LogP contribution in [0.25, 0.3) is 0 Å². The summed E-state index contributed by atoms with van der Waals surface area (Å²) in [4.78, 5) is 1.16. The molecule has 0 amide bonds. The van der Waals surface area contributed by atoms with E-state index >= 15 is 0 Å². The van der Waals surface area contributed by atoms with Crippen LogP contribution in [0, 0.1) is 0 Å². The highest BCUT2D eigenvalue weighted by molar-refractivity contribution is 7.91. The molecule has 0 spiro atoms. The zero-order chi connectivity index (χ0) is 12.9. The van der Waals surface area contributed by atoms with Crippen molar-refractivity contribution in [2.24, 2.45) is 0 Å². The van der Waals surface area contributed by atoms with E-state index in [0.29, 0.717) is 6.54 Å². The zero-order valence-electron chi connectivity index (χ0n) is 10.1. The van der Waals surface area contributed by atoms with Gasteiger partial charge in [0.15, 0.2) is 9.84 Å². The van der Waals surface area contributed by atoms with Gasteiger partial charge in [0.2, 0.25) is 0 Å². The fourth-order valence-electron chi connectivity index (χ4n) is 1.49. The lowest BCUT2D eigenvalue weighted by atomic mass is 10.2. The lowest BCUT2D eigenvalue weighted by molar-refractivity contribution is 0.538. The molecule has 1 aromatic rings. The first-order chi connectivity index (χ1) is 7.98. The van der Waals surface area contributed by atoms with Crippen LogP contribution in [0.5, 0.6) is 0 Å². The maximum Gasteiger partial charge on any atom is 0.151 e. The van der Waals surface area contributed by atoms with Gasteiger partial charge >= 0.3 is 0 Å². The van der Waals surface area contributed by atoms with Crippen molar-refractivity contribution in [3.8, 4) is 0 Å². The Kier molecular flexibility index (Phi) is 5.92. The van der Waals surface area contributed by atoms with Crippen LogP contribution in [0.2, 0.25) is 4.34 Å². The van der Waals surface area contributed by atoms with Crippen molar-refractivity contribution in [1.29, 1.82) is 0 Å². The van der Waals surface area contributed by atoms with Gasteiger partial charge in [-0.3, -0.25) is 0 Å². The Morgan fingerprint density at radius 2 is 2.12 bits per heavy atom. The van der Waals surface area contributed by atoms with E-state index in [1.165, 1.54) is 11.3 Å². The summed E-state index contributed by atoms with van der Waals surface area (Å²) in [5.41, 5.74) is 0. The molecule has 1 rings (SSSR count). The van der Waals surface area contributed by atoms with E-state index in [-0.39, 0.29) is 17.5 Å². The van der Waals surface area contributed by atoms with Crippen molar-refractivity contribution in [3.05, 3.63) is 21.3 Å². The van der Waals surface area contributed by atoms with E-state index < -0.39 is 9.84 Å². The van der Waals surface area contributed by atoms with E-state index in [0.717, 1.165) is 15.6 Å². The minimum absolute atomic E-state index is 0.194. The summed E-state index contributed by atoms with van der Waals surface area (Å²) in [6.07, 6.45) is 0.920. The third-order valence-electron chi connectivity index (χ3n) is 2.59. The Hall–Kier alpha value is -0.100. The van der Waals surface area contributed by atoms with E-state index in [9.17, 15) is 8.42 Å². The first-order valence-electron chi connectivity index (χ1n) is 5.67. The normalized spacial score (nSPS) is 13.8. The number of halogens is 1. The van der Waals surface area contributed by atoms with E-state index in [4.69, 9.17) is 11.6 Å². The van der Waals surface area contributed by atoms with Crippen LogP contribution in [-0.4, -0.2) is 26.5 Å². The van der Waals surface area contributed by atoms with Gasteiger partial charge in [-0.15, -0.1) is 11.3 Å². The second kappa shape index (κ2) is 6.73. The average Bonchev–Trinajstić information content (AvgIpc) is 2.71. The standard InChI is InChI=1S/C11H18ClNO2S2/c1-3-9(10-5-6-11(12)16-10)13-7-8-17(14,15)4-2/h5-6,9,13H,3-4,7-8H2,1-2H3/t9-/m1/s1. The second-order valence-electron chi connectivity index (χ2n) is 3.79. The van der Waals surface area contributed by atoms with E-state index in [1.807, 2.05) is 12.1 Å². The highest BCUT2D eigenvalue weighted by Gasteiger charge is 2.13. The third kappa shape index (κ3) is 4.95. The quantitative estimate of drug-likeness (QED) is 0.841. The highest BCUT2D eigenvalue weighted by Crippen LogP contribution is 2.28. The minimum Gasteiger partial charge on any atom is -0.308 e. The minimum atomic E-state index is -2.89. The zero-order valence-corrected chi connectivity index (χ0v) is 12.5. The van der Waals surface area contributed by atoms with Gasteiger partial charge in [-0.1, -0.05) is 25.4 Å². The van der Waals surface area contributed by atoms with Gasteiger partial charge in [0.05, 0.1) is 10.1 Å². The summed E-state index contributed by atoms with van der Waals surface area (Å²) in [5, 5.41) is 3.26. The number of hydrogen-bond acceptors (Lipinski definition) is 4. The number of sulfone groups is 1. The largest absolute Gasteiger partial charge is 0.308 e. The van der Waals surface area contributed by atoms with Crippen molar-refractivity contribution in [2.75, 3.05) is 18.1 Å². The molecule has 1 atom stereocenters. The molecule has 0 bridgehead atoms. The van der Waals surface area contributed by atoms with Crippen LogP contribution in [0.1, 0.15) is 31.2 Å². The summed E-state index contributed by atoms with van der Waals surface area (Å²) in [6, 6.07) is 4.05. The summed E-state index contributed by atoms with van der Waals surface area (Å²) >= 11 is 7.42. The molecule has 1 N–H and O–H groups in total. The van der Waals surface area contributed by atoms with Gasteiger partial charge < -0.3 is 5.32 Å². The van der Waals surface area contributed by atoms with Crippen LogP contribution in [-0.2, 0) is 9.84 Å². The molecule has 17 heavy (non-hydrogen) atoms. The molecule has 0 radical (unpaired) electrons. The molecule has 3 nitrogen and oxygen atoms in total. The predicted molar refractivity (Wildman–Crippen MR) is 74.7 cm³/mol. The second-order valence-corrected chi connectivity index (χ2v) is 8.01. The van der Waals surface area contributed by atoms with Gasteiger partial charge in [-0.25, -0.2) is 8.42 Å². The van der Waals surface area contributed by atoms with Crippen LogP contribution in [0.4, 0.5) is 0 Å². The van der Waals surface area contributed by atoms with Crippen LogP contribution >= 0.6 is 22.9 Å². The summed E-state index contributed by atoms with van der Waals surface area (Å²) in [5.74, 6) is 0.398. The van der Waals surface area contributed by atoms with Gasteiger partial charge in [-0.2, -0.15) is 0 Å². The van der Waals surface area contributed by atoms with E-state index in [1.54, 1.807) is 6.92 Å². The maximum absolute atomic E-state index is 11.4. The third-order valence-corrected chi connectivity index (χ3v) is 5.64. The first kappa shape index (κ1) is 15.0. The van der Waals surface area contributed by atoms with Gasteiger partial charge in [0.25, 0.3) is 0 Å². The Balaban J connectivity index is 2.49. The van der Waals surface area contributed by atoms with Gasteiger partial charge in [-0.05, 0) is 18.6 Å². The molecule has 0 aromatic carbocycles. The lowest BCUT2D eigenvalue weighted by Crippen LogP contribution is -2.27. The Morgan fingerprint density at radius 1 is 1.41 bits per heavy atom. The van der Waals surface area contributed by atoms with Crippen LogP contribution in [0.3, 0.4) is 0 Å². The van der Waals surface area contributed by atoms with Crippen molar-refractivity contribution >= 4 is 32.8 Å². The smallest absolute Gasteiger partial charge is 0.151 e. The maximum atomic E-state index is 11.4. The van der Waals surface area contributed by atoms with Gasteiger partial charge in [0.1, 0.15) is 0 Å². The molecule has 98 valence electrons. The molecule has 0 aliphatic carbocycles. The fraction of sp³-hybridized carbons (Fsp3) is 0.636. The topological polar surface area (TPSA) is 46.2 Å². The predicted octanol–water partition coefficient (Wildman–Crippen LogP) is 2.88. The molecule has 0 aliphatic rings. The Labute approximate surface area is 112 Å². The number of hydrogen-bond donors (Lipinski definition) is 1. The van der Waals surface area contributed by atoms with Crippen molar-refractivity contribution in [2.45, 2.75) is 26.3 Å². The first-order valence-corrected chi connectivity index (χ1v) is 8.69. The monoisotopic (exact) mass is 295 g/mol. The van der Waals surface area contributed by atoms with Crippen LogP contribution in [0.15, 0.2) is 12.1 Å². The summed E-state index contributed by atoms with van der Waals surface area (Å²) in [6.45, 7) is 4.23. The molecule has 0 saturated carbocycles. The fourth-order valence-corrected chi connectivity index (χ4v) is 3.43. The molecule has 1 aromatic heterocycles. The summed E-state index contributed by atoms with van der Waals surface area (Å²) in [7, 11) is -2.89. The molecular weight excluding hydrogens is 278 g/mol. The van der Waals surface area contributed by atoms with E-state index in [2.05, 4.69) is 12.2 Å². The molecule has 6 heteroatoms. The Morgan fingerprint density at radius 3 is 2.59 bits per heavy atom. The SMILES string of the molecule is CC[C@@H](NCCS(=O)(=O)CC)c1ccc(Cl)s1.